The maximum Gasteiger partial charge on any atom is 0.329 e. The first kappa shape index (κ1) is 15.1. The summed E-state index contributed by atoms with van der Waals surface area (Å²) in [5.41, 5.74) is -1.11. The van der Waals surface area contributed by atoms with Gasteiger partial charge in [-0.1, -0.05) is 19.8 Å². The summed E-state index contributed by atoms with van der Waals surface area (Å²) in [6.07, 6.45) is 4.88. The Kier molecular flexibility index (Phi) is 4.86. The second kappa shape index (κ2) is 6.43. The zero-order chi connectivity index (χ0) is 14.6. The molecule has 6 nitrogen and oxygen atoms in total. The van der Waals surface area contributed by atoms with Gasteiger partial charge >= 0.3 is 12.0 Å². The van der Waals surface area contributed by atoms with Crippen molar-refractivity contribution in [1.29, 1.82) is 0 Å². The zero-order valence-electron chi connectivity index (χ0n) is 12.0. The van der Waals surface area contributed by atoms with Crippen LogP contribution in [0.5, 0.6) is 0 Å². The maximum absolute atomic E-state index is 11.9. The van der Waals surface area contributed by atoms with E-state index in [1.165, 1.54) is 0 Å². The Labute approximate surface area is 119 Å². The van der Waals surface area contributed by atoms with Crippen molar-refractivity contribution in [2.75, 3.05) is 13.2 Å². The lowest BCUT2D eigenvalue weighted by atomic mass is 9.76. The number of carbonyl (C=O) groups is 2. The number of carbonyl (C=O) groups excluding carboxylic acids is 1. The van der Waals surface area contributed by atoms with Gasteiger partial charge in [-0.15, -0.1) is 0 Å². The molecule has 1 saturated carbocycles. The smallest absolute Gasteiger partial charge is 0.329 e. The minimum absolute atomic E-state index is 0.0619. The Bertz CT molecular complexity index is 368. The van der Waals surface area contributed by atoms with E-state index in [9.17, 15) is 14.7 Å². The number of carboxylic acid groups (broad SMARTS) is 1. The largest absolute Gasteiger partial charge is 0.480 e. The van der Waals surface area contributed by atoms with Crippen molar-refractivity contribution in [2.45, 2.75) is 57.1 Å². The fraction of sp³-hybridized carbons (Fsp3) is 0.857. The van der Waals surface area contributed by atoms with Gasteiger partial charge < -0.3 is 20.5 Å². The van der Waals surface area contributed by atoms with Gasteiger partial charge in [-0.25, -0.2) is 9.59 Å². The number of aliphatic carboxylic acids is 1. The Morgan fingerprint density at radius 3 is 2.75 bits per heavy atom. The Morgan fingerprint density at radius 2 is 2.15 bits per heavy atom. The van der Waals surface area contributed by atoms with Crippen LogP contribution in [0.2, 0.25) is 0 Å². The standard InChI is InChI=1S/C14H24N2O4/c1-10-4-2-6-14(8-10,12(17)18)16-13(19)15-9-11-5-3-7-20-11/h10-11H,2-9H2,1H3,(H,17,18)(H2,15,16,19). The molecular formula is C14H24N2O4. The molecule has 6 heteroatoms. The van der Waals surface area contributed by atoms with Crippen molar-refractivity contribution in [3.8, 4) is 0 Å². The van der Waals surface area contributed by atoms with Gasteiger partial charge in [0, 0.05) is 13.2 Å². The molecule has 1 saturated heterocycles. The number of carboxylic acids is 1. The quantitative estimate of drug-likeness (QED) is 0.730. The summed E-state index contributed by atoms with van der Waals surface area (Å²) in [4.78, 5) is 23.5. The van der Waals surface area contributed by atoms with Crippen molar-refractivity contribution in [2.24, 2.45) is 5.92 Å². The van der Waals surface area contributed by atoms with E-state index in [4.69, 9.17) is 4.74 Å². The van der Waals surface area contributed by atoms with E-state index in [0.717, 1.165) is 32.3 Å². The highest BCUT2D eigenvalue weighted by molar-refractivity contribution is 5.86. The minimum Gasteiger partial charge on any atom is -0.480 e. The van der Waals surface area contributed by atoms with Crippen molar-refractivity contribution >= 4 is 12.0 Å². The van der Waals surface area contributed by atoms with Crippen molar-refractivity contribution in [1.82, 2.24) is 10.6 Å². The van der Waals surface area contributed by atoms with Gasteiger partial charge in [0.05, 0.1) is 6.10 Å². The molecule has 2 aliphatic rings. The summed E-state index contributed by atoms with van der Waals surface area (Å²) >= 11 is 0. The van der Waals surface area contributed by atoms with E-state index in [1.807, 2.05) is 6.92 Å². The van der Waals surface area contributed by atoms with Crippen LogP contribution in [0.15, 0.2) is 0 Å². The highest BCUT2D eigenvalue weighted by atomic mass is 16.5. The third-order valence-corrected chi connectivity index (χ3v) is 4.27. The number of nitrogens with one attached hydrogen (secondary N) is 2. The third-order valence-electron chi connectivity index (χ3n) is 4.27. The molecule has 2 rings (SSSR count). The number of hydrogen-bond donors (Lipinski definition) is 3. The van der Waals surface area contributed by atoms with E-state index >= 15 is 0 Å². The predicted molar refractivity (Wildman–Crippen MR) is 73.5 cm³/mol. The van der Waals surface area contributed by atoms with Crippen LogP contribution in [-0.4, -0.2) is 41.9 Å². The van der Waals surface area contributed by atoms with Crippen molar-refractivity contribution in [3.05, 3.63) is 0 Å². The maximum atomic E-state index is 11.9. The molecule has 0 bridgehead atoms. The van der Waals surface area contributed by atoms with Gasteiger partial charge in [-0.2, -0.15) is 0 Å². The molecular weight excluding hydrogens is 260 g/mol. The molecule has 0 aromatic carbocycles. The molecule has 1 aliphatic carbocycles. The second-order valence-corrected chi connectivity index (χ2v) is 6.06. The lowest BCUT2D eigenvalue weighted by molar-refractivity contribution is -0.146. The fourth-order valence-corrected chi connectivity index (χ4v) is 3.19. The molecule has 3 N–H and O–H groups in total. The van der Waals surface area contributed by atoms with Crippen LogP contribution in [0.1, 0.15) is 45.4 Å². The summed E-state index contributed by atoms with van der Waals surface area (Å²) in [5, 5.41) is 14.9. The molecule has 3 atom stereocenters. The minimum atomic E-state index is -1.11. The average Bonchev–Trinajstić information content (AvgIpc) is 2.89. The molecule has 0 aromatic rings. The first-order valence-corrected chi connectivity index (χ1v) is 7.43. The van der Waals surface area contributed by atoms with Gasteiger partial charge in [-0.05, 0) is 31.6 Å². The number of hydrogen-bond acceptors (Lipinski definition) is 3. The Hall–Kier alpha value is -1.30. The zero-order valence-corrected chi connectivity index (χ0v) is 12.0. The summed E-state index contributed by atoms with van der Waals surface area (Å²) in [6.45, 7) is 3.21. The Balaban J connectivity index is 1.87. The normalized spacial score (nSPS) is 33.6. The van der Waals surface area contributed by atoms with Crippen molar-refractivity contribution in [3.63, 3.8) is 0 Å². The van der Waals surface area contributed by atoms with Crippen LogP contribution in [-0.2, 0) is 9.53 Å². The molecule has 0 aromatic heterocycles. The lowest BCUT2D eigenvalue weighted by Gasteiger charge is -2.37. The molecule has 0 spiro atoms. The van der Waals surface area contributed by atoms with Gasteiger partial charge in [0.15, 0.2) is 0 Å². The molecule has 114 valence electrons. The van der Waals surface area contributed by atoms with E-state index in [2.05, 4.69) is 10.6 Å². The van der Waals surface area contributed by atoms with E-state index in [1.54, 1.807) is 0 Å². The van der Waals surface area contributed by atoms with Crippen LogP contribution in [0, 0.1) is 5.92 Å². The van der Waals surface area contributed by atoms with Gasteiger partial charge in [0.1, 0.15) is 5.54 Å². The molecule has 1 heterocycles. The average molecular weight is 284 g/mol. The summed E-state index contributed by atoms with van der Waals surface area (Å²) in [5.74, 6) is -0.616. The number of amides is 2. The van der Waals surface area contributed by atoms with Crippen molar-refractivity contribution < 1.29 is 19.4 Å². The summed E-state index contributed by atoms with van der Waals surface area (Å²) < 4.78 is 5.42. The van der Waals surface area contributed by atoms with Gasteiger partial charge in [0.25, 0.3) is 0 Å². The molecule has 20 heavy (non-hydrogen) atoms. The molecule has 2 amide bonds. The van der Waals surface area contributed by atoms with Crippen LogP contribution < -0.4 is 10.6 Å². The predicted octanol–water partition coefficient (Wildman–Crippen LogP) is 1.50. The van der Waals surface area contributed by atoms with Crippen LogP contribution in [0.25, 0.3) is 0 Å². The third kappa shape index (κ3) is 3.62. The SMILES string of the molecule is CC1CCCC(NC(=O)NCC2CCCO2)(C(=O)O)C1. The summed E-state index contributed by atoms with van der Waals surface area (Å²) in [6, 6.07) is -0.406. The monoisotopic (exact) mass is 284 g/mol. The van der Waals surface area contributed by atoms with Gasteiger partial charge in [-0.3, -0.25) is 0 Å². The molecule has 0 radical (unpaired) electrons. The number of ether oxygens (including phenoxy) is 1. The van der Waals surface area contributed by atoms with E-state index in [-0.39, 0.29) is 6.10 Å². The highest BCUT2D eigenvalue weighted by Gasteiger charge is 2.43. The number of rotatable bonds is 4. The first-order chi connectivity index (χ1) is 9.52. The van der Waals surface area contributed by atoms with E-state index in [0.29, 0.717) is 25.3 Å². The first-order valence-electron chi connectivity index (χ1n) is 7.43. The van der Waals surface area contributed by atoms with Crippen LogP contribution >= 0.6 is 0 Å². The lowest BCUT2D eigenvalue weighted by Crippen LogP contribution is -2.59. The topological polar surface area (TPSA) is 87.7 Å². The Morgan fingerprint density at radius 1 is 1.35 bits per heavy atom. The second-order valence-electron chi connectivity index (χ2n) is 6.06. The fourth-order valence-electron chi connectivity index (χ4n) is 3.19. The van der Waals surface area contributed by atoms with Gasteiger partial charge in [0.2, 0.25) is 0 Å². The molecule has 2 fully saturated rings. The van der Waals surface area contributed by atoms with E-state index < -0.39 is 17.5 Å². The number of urea groups is 1. The van der Waals surface area contributed by atoms with Crippen LogP contribution in [0.4, 0.5) is 4.79 Å². The summed E-state index contributed by atoms with van der Waals surface area (Å²) in [7, 11) is 0. The van der Waals surface area contributed by atoms with Crippen LogP contribution in [0.3, 0.4) is 0 Å². The highest BCUT2D eigenvalue weighted by Crippen LogP contribution is 2.32. The molecule has 1 aliphatic heterocycles. The molecule has 3 unspecified atom stereocenters.